The Bertz CT molecular complexity index is 877. The molecule has 1 aromatic heterocycles. The van der Waals surface area contributed by atoms with Gasteiger partial charge in [0.1, 0.15) is 24.8 Å². The van der Waals surface area contributed by atoms with Crippen molar-refractivity contribution in [2.24, 2.45) is 0 Å². The molecule has 24 heavy (non-hydrogen) atoms. The van der Waals surface area contributed by atoms with Crippen LogP contribution in [-0.4, -0.2) is 36.8 Å². The lowest BCUT2D eigenvalue weighted by Crippen LogP contribution is -2.16. The molecule has 0 bridgehead atoms. The third-order valence-electron chi connectivity index (χ3n) is 3.89. The number of aromatic amines is 1. The van der Waals surface area contributed by atoms with E-state index in [1.165, 1.54) is 0 Å². The van der Waals surface area contributed by atoms with Gasteiger partial charge in [0.25, 0.3) is 0 Å². The van der Waals surface area contributed by atoms with Crippen LogP contribution in [0.2, 0.25) is 5.02 Å². The number of aromatic nitrogens is 3. The summed E-state index contributed by atoms with van der Waals surface area (Å²) in [4.78, 5) is 4.27. The number of nitrogens with one attached hydrogen (secondary N) is 1. The SMILES string of the molecule is O=S(=O)(Cc1cc(Cl)c2c(c1)OCCO2)Cc1nc(C2CC2)n[nH]1. The van der Waals surface area contributed by atoms with Crippen molar-refractivity contribution >= 4 is 21.4 Å². The normalized spacial score (nSPS) is 17.0. The van der Waals surface area contributed by atoms with Gasteiger partial charge in [-0.25, -0.2) is 13.4 Å². The van der Waals surface area contributed by atoms with E-state index in [1.807, 2.05) is 0 Å². The van der Waals surface area contributed by atoms with Gasteiger partial charge >= 0.3 is 0 Å². The zero-order chi connectivity index (χ0) is 16.7. The molecule has 9 heteroatoms. The highest BCUT2D eigenvalue weighted by Gasteiger charge is 2.28. The number of rotatable bonds is 5. The summed E-state index contributed by atoms with van der Waals surface area (Å²) in [5, 5.41) is 7.16. The van der Waals surface area contributed by atoms with Crippen LogP contribution in [0.25, 0.3) is 0 Å². The maximum Gasteiger partial charge on any atom is 0.179 e. The third-order valence-corrected chi connectivity index (χ3v) is 5.66. The van der Waals surface area contributed by atoms with Crippen LogP contribution in [0.15, 0.2) is 12.1 Å². The van der Waals surface area contributed by atoms with Crippen molar-refractivity contribution in [2.45, 2.75) is 30.3 Å². The van der Waals surface area contributed by atoms with E-state index in [1.54, 1.807) is 12.1 Å². The Morgan fingerprint density at radius 1 is 1.21 bits per heavy atom. The monoisotopic (exact) mass is 369 g/mol. The second-order valence-electron chi connectivity index (χ2n) is 6.05. The number of hydrogen-bond donors (Lipinski definition) is 1. The highest BCUT2D eigenvalue weighted by Crippen LogP contribution is 2.39. The molecule has 1 N–H and O–H groups in total. The van der Waals surface area contributed by atoms with Crippen LogP contribution in [0.1, 0.15) is 36.0 Å². The number of ether oxygens (including phenoxy) is 2. The predicted molar refractivity (Wildman–Crippen MR) is 87.1 cm³/mol. The molecule has 0 unspecified atom stereocenters. The van der Waals surface area contributed by atoms with E-state index >= 15 is 0 Å². The van der Waals surface area contributed by atoms with Gasteiger partial charge in [0.15, 0.2) is 27.2 Å². The summed E-state index contributed by atoms with van der Waals surface area (Å²) < 4.78 is 35.8. The van der Waals surface area contributed by atoms with Crippen LogP contribution in [0, 0.1) is 0 Å². The summed E-state index contributed by atoms with van der Waals surface area (Å²) in [6.45, 7) is 0.848. The molecule has 4 rings (SSSR count). The van der Waals surface area contributed by atoms with Crippen LogP contribution in [0.5, 0.6) is 11.5 Å². The Morgan fingerprint density at radius 3 is 2.79 bits per heavy atom. The molecule has 1 fully saturated rings. The molecule has 2 aliphatic rings. The molecule has 1 aliphatic carbocycles. The average Bonchev–Trinajstić information content (AvgIpc) is 3.27. The molecule has 0 atom stereocenters. The summed E-state index contributed by atoms with van der Waals surface area (Å²) in [5.41, 5.74) is 0.561. The fourth-order valence-electron chi connectivity index (χ4n) is 2.66. The van der Waals surface area contributed by atoms with Gasteiger partial charge in [-0.15, -0.1) is 0 Å². The van der Waals surface area contributed by atoms with Gasteiger partial charge in [-0.05, 0) is 30.5 Å². The van der Waals surface area contributed by atoms with Crippen molar-refractivity contribution in [1.82, 2.24) is 15.2 Å². The van der Waals surface area contributed by atoms with Crippen molar-refractivity contribution < 1.29 is 17.9 Å². The molecule has 1 aromatic carbocycles. The predicted octanol–water partition coefficient (Wildman–Crippen LogP) is 2.22. The number of H-pyrrole nitrogens is 1. The van der Waals surface area contributed by atoms with E-state index < -0.39 is 9.84 Å². The first kappa shape index (κ1) is 15.7. The zero-order valence-corrected chi connectivity index (χ0v) is 14.4. The molecule has 0 spiro atoms. The molecule has 0 amide bonds. The Labute approximate surface area is 144 Å². The molecule has 1 aliphatic heterocycles. The molecule has 2 aromatic rings. The van der Waals surface area contributed by atoms with Crippen molar-refractivity contribution in [3.8, 4) is 11.5 Å². The second kappa shape index (κ2) is 5.93. The summed E-state index contributed by atoms with van der Waals surface area (Å²) in [5.74, 6) is 2.09. The van der Waals surface area contributed by atoms with Crippen LogP contribution < -0.4 is 9.47 Å². The Morgan fingerprint density at radius 2 is 2.00 bits per heavy atom. The molecule has 1 saturated carbocycles. The Balaban J connectivity index is 1.51. The van der Waals surface area contributed by atoms with Crippen molar-refractivity contribution in [1.29, 1.82) is 0 Å². The fourth-order valence-corrected chi connectivity index (χ4v) is 4.27. The molecule has 0 radical (unpaired) electrons. The first-order chi connectivity index (χ1) is 11.5. The molecule has 2 heterocycles. The standard InChI is InChI=1S/C15H16ClN3O4S/c16-11-5-9(6-12-14(11)23-4-3-22-12)7-24(20,21)8-13-17-15(19-18-13)10-1-2-10/h5-6,10H,1-4,7-8H2,(H,17,18,19). The average molecular weight is 370 g/mol. The van der Waals surface area contributed by atoms with Crippen molar-refractivity contribution in [3.63, 3.8) is 0 Å². The number of nitrogens with zero attached hydrogens (tertiary/aromatic N) is 2. The first-order valence-corrected chi connectivity index (χ1v) is 9.90. The van der Waals surface area contributed by atoms with E-state index in [0.717, 1.165) is 12.8 Å². The Kier molecular flexibility index (Phi) is 3.88. The van der Waals surface area contributed by atoms with Gasteiger partial charge in [-0.2, -0.15) is 5.10 Å². The number of benzene rings is 1. The van der Waals surface area contributed by atoms with Gasteiger partial charge < -0.3 is 9.47 Å². The van der Waals surface area contributed by atoms with Crippen LogP contribution in [-0.2, 0) is 21.3 Å². The van der Waals surface area contributed by atoms with E-state index in [9.17, 15) is 8.42 Å². The van der Waals surface area contributed by atoms with E-state index in [4.69, 9.17) is 21.1 Å². The number of halogens is 1. The van der Waals surface area contributed by atoms with Gasteiger partial charge in [0, 0.05) is 5.92 Å². The fraction of sp³-hybridized carbons (Fsp3) is 0.467. The van der Waals surface area contributed by atoms with Gasteiger partial charge in [0.05, 0.1) is 10.8 Å². The summed E-state index contributed by atoms with van der Waals surface area (Å²) in [6.07, 6.45) is 2.14. The van der Waals surface area contributed by atoms with Crippen molar-refractivity contribution in [3.05, 3.63) is 34.4 Å². The maximum absolute atomic E-state index is 12.4. The minimum atomic E-state index is -3.41. The van der Waals surface area contributed by atoms with Gasteiger partial charge in [-0.1, -0.05) is 11.6 Å². The number of hydrogen-bond acceptors (Lipinski definition) is 6. The van der Waals surface area contributed by atoms with Gasteiger partial charge in [-0.3, -0.25) is 5.10 Å². The van der Waals surface area contributed by atoms with Crippen LogP contribution >= 0.6 is 11.6 Å². The molecule has 7 nitrogen and oxygen atoms in total. The Hall–Kier alpha value is -1.80. The minimum absolute atomic E-state index is 0.150. The summed E-state index contributed by atoms with van der Waals surface area (Å²) in [7, 11) is -3.41. The summed E-state index contributed by atoms with van der Waals surface area (Å²) in [6, 6.07) is 3.26. The highest BCUT2D eigenvalue weighted by molar-refractivity contribution is 7.89. The van der Waals surface area contributed by atoms with E-state index in [0.29, 0.717) is 52.9 Å². The minimum Gasteiger partial charge on any atom is -0.486 e. The lowest BCUT2D eigenvalue weighted by molar-refractivity contribution is 0.171. The molecular formula is C15H16ClN3O4S. The number of sulfone groups is 1. The molecule has 128 valence electrons. The lowest BCUT2D eigenvalue weighted by Gasteiger charge is -2.20. The molecular weight excluding hydrogens is 354 g/mol. The van der Waals surface area contributed by atoms with Crippen molar-refractivity contribution in [2.75, 3.05) is 13.2 Å². The molecule has 0 saturated heterocycles. The quantitative estimate of drug-likeness (QED) is 0.868. The first-order valence-electron chi connectivity index (χ1n) is 7.70. The zero-order valence-electron chi connectivity index (χ0n) is 12.8. The second-order valence-corrected chi connectivity index (χ2v) is 8.52. The summed E-state index contributed by atoms with van der Waals surface area (Å²) >= 11 is 6.15. The van der Waals surface area contributed by atoms with Gasteiger partial charge in [0.2, 0.25) is 0 Å². The van der Waals surface area contributed by atoms with E-state index in [2.05, 4.69) is 15.2 Å². The third kappa shape index (κ3) is 3.34. The topological polar surface area (TPSA) is 94.2 Å². The largest absolute Gasteiger partial charge is 0.486 e. The number of fused-ring (bicyclic) bond motifs is 1. The lowest BCUT2D eigenvalue weighted by atomic mass is 10.2. The smallest absolute Gasteiger partial charge is 0.179 e. The van der Waals surface area contributed by atoms with Crippen LogP contribution in [0.3, 0.4) is 0 Å². The maximum atomic E-state index is 12.4. The highest BCUT2D eigenvalue weighted by atomic mass is 35.5. The van der Waals surface area contributed by atoms with Crippen LogP contribution in [0.4, 0.5) is 0 Å². The van der Waals surface area contributed by atoms with E-state index in [-0.39, 0.29) is 11.5 Å².